The maximum absolute atomic E-state index is 13.1. The van der Waals surface area contributed by atoms with Gasteiger partial charge in [0.1, 0.15) is 0 Å². The smallest absolute Gasteiger partial charge is 0.373 e. The highest BCUT2D eigenvalue weighted by molar-refractivity contribution is 5.35. The number of hydrogen-bond donors (Lipinski definition) is 1. The Kier molecular flexibility index (Phi) is 6.48. The van der Waals surface area contributed by atoms with E-state index in [1.807, 2.05) is 30.3 Å². The molecule has 1 fully saturated rings. The van der Waals surface area contributed by atoms with Crippen molar-refractivity contribution in [2.24, 2.45) is 0 Å². The monoisotopic (exact) mass is 431 g/mol. The number of piperidine rings is 1. The summed E-state index contributed by atoms with van der Waals surface area (Å²) in [7, 11) is 0. The lowest BCUT2D eigenvalue weighted by atomic mass is 9.75. The normalized spacial score (nSPS) is 21.4. The highest BCUT2D eigenvalue weighted by Gasteiger charge is 2.38. The Morgan fingerprint density at radius 2 is 1.57 bits per heavy atom. The van der Waals surface area contributed by atoms with E-state index in [-0.39, 0.29) is 23.7 Å². The van der Waals surface area contributed by atoms with E-state index in [0.717, 1.165) is 37.1 Å². The van der Waals surface area contributed by atoms with E-state index in [1.165, 1.54) is 6.92 Å². The predicted molar refractivity (Wildman–Crippen MR) is 101 cm³/mol. The van der Waals surface area contributed by atoms with Crippen molar-refractivity contribution in [2.45, 2.75) is 43.6 Å². The Morgan fingerprint density at radius 1 is 0.967 bits per heavy atom. The largest absolute Gasteiger partial charge is 0.416 e. The van der Waals surface area contributed by atoms with Crippen molar-refractivity contribution >= 4 is 0 Å². The lowest BCUT2D eigenvalue weighted by Crippen LogP contribution is -2.46. The number of halogens is 6. The Bertz CT molecular complexity index is 809. The van der Waals surface area contributed by atoms with Crippen LogP contribution in [0.4, 0.5) is 26.3 Å². The summed E-state index contributed by atoms with van der Waals surface area (Å²) in [5.74, 6) is 0. The Balaban J connectivity index is 1.86. The molecular formula is C22H23F6NO. The van der Waals surface area contributed by atoms with E-state index in [1.54, 1.807) is 0 Å². The minimum Gasteiger partial charge on any atom is -0.373 e. The summed E-state index contributed by atoms with van der Waals surface area (Å²) in [5, 5.41) is 3.32. The second kappa shape index (κ2) is 8.59. The van der Waals surface area contributed by atoms with Crippen LogP contribution in [0.25, 0.3) is 0 Å². The molecule has 2 aromatic rings. The van der Waals surface area contributed by atoms with Crippen molar-refractivity contribution in [3.8, 4) is 0 Å². The van der Waals surface area contributed by atoms with E-state index in [9.17, 15) is 26.3 Å². The summed E-state index contributed by atoms with van der Waals surface area (Å²) in [6, 6.07) is 11.2. The second-order valence-corrected chi connectivity index (χ2v) is 7.72. The first-order chi connectivity index (χ1) is 14.0. The molecule has 164 valence electrons. The van der Waals surface area contributed by atoms with Gasteiger partial charge in [-0.05, 0) is 55.6 Å². The summed E-state index contributed by atoms with van der Waals surface area (Å²) in [4.78, 5) is 0. The molecule has 0 bridgehead atoms. The van der Waals surface area contributed by atoms with E-state index < -0.39 is 29.6 Å². The molecule has 0 unspecified atom stereocenters. The Morgan fingerprint density at radius 3 is 2.07 bits per heavy atom. The van der Waals surface area contributed by atoms with Crippen molar-refractivity contribution < 1.29 is 31.1 Å². The molecule has 2 nitrogen and oxygen atoms in total. The summed E-state index contributed by atoms with van der Waals surface area (Å²) >= 11 is 0. The molecule has 0 radical (unpaired) electrons. The summed E-state index contributed by atoms with van der Waals surface area (Å²) in [5.41, 5.74) is -2.17. The van der Waals surface area contributed by atoms with Gasteiger partial charge in [0.05, 0.1) is 23.8 Å². The average molecular weight is 431 g/mol. The molecule has 0 aromatic heterocycles. The summed E-state index contributed by atoms with van der Waals surface area (Å²) in [6.07, 6.45) is -8.99. The molecule has 1 saturated heterocycles. The van der Waals surface area contributed by atoms with Crippen molar-refractivity contribution in [1.29, 1.82) is 0 Å². The molecule has 1 heterocycles. The van der Waals surface area contributed by atoms with Crippen molar-refractivity contribution in [3.05, 3.63) is 70.8 Å². The summed E-state index contributed by atoms with van der Waals surface area (Å²) in [6.45, 7) is 3.14. The zero-order chi connectivity index (χ0) is 22.0. The van der Waals surface area contributed by atoms with Crippen LogP contribution in [0, 0.1) is 0 Å². The minimum absolute atomic E-state index is 0.132. The second-order valence-electron chi connectivity index (χ2n) is 7.72. The van der Waals surface area contributed by atoms with Crippen molar-refractivity contribution in [2.75, 3.05) is 19.7 Å². The van der Waals surface area contributed by atoms with E-state index in [2.05, 4.69) is 5.32 Å². The standard InChI is InChI=1S/C22H23F6NO/c1-15(16-10-18(21(23,24)25)12-19(11-16)22(26,27)28)30-14-20(8-5-9-29-13-20)17-6-3-2-4-7-17/h2-4,6-7,10-12,15,29H,5,8-9,13-14H2,1H3/t15-,20+/m1/s1. The van der Waals surface area contributed by atoms with Gasteiger partial charge in [0.2, 0.25) is 0 Å². The highest BCUT2D eigenvalue weighted by atomic mass is 19.4. The minimum atomic E-state index is -4.88. The fourth-order valence-corrected chi connectivity index (χ4v) is 3.81. The van der Waals surface area contributed by atoms with Crippen LogP contribution in [-0.4, -0.2) is 19.7 Å². The number of benzene rings is 2. The van der Waals surface area contributed by atoms with E-state index in [4.69, 9.17) is 4.74 Å². The van der Waals surface area contributed by atoms with E-state index >= 15 is 0 Å². The fourth-order valence-electron chi connectivity index (χ4n) is 3.81. The molecule has 0 saturated carbocycles. The molecule has 0 spiro atoms. The van der Waals surface area contributed by atoms with Crippen LogP contribution >= 0.6 is 0 Å². The molecule has 1 N–H and O–H groups in total. The van der Waals surface area contributed by atoms with Gasteiger partial charge in [-0.15, -0.1) is 0 Å². The zero-order valence-electron chi connectivity index (χ0n) is 16.4. The first-order valence-electron chi connectivity index (χ1n) is 9.68. The van der Waals surface area contributed by atoms with Gasteiger partial charge in [-0.3, -0.25) is 0 Å². The number of nitrogens with one attached hydrogen (secondary N) is 1. The van der Waals surface area contributed by atoms with Crippen LogP contribution in [0.15, 0.2) is 48.5 Å². The van der Waals surface area contributed by atoms with Gasteiger partial charge in [0.15, 0.2) is 0 Å². The van der Waals surface area contributed by atoms with Crippen LogP contribution in [0.2, 0.25) is 0 Å². The quantitative estimate of drug-likeness (QED) is 0.576. The topological polar surface area (TPSA) is 21.3 Å². The Labute approximate surface area is 171 Å². The molecule has 8 heteroatoms. The van der Waals surface area contributed by atoms with Gasteiger partial charge < -0.3 is 10.1 Å². The van der Waals surface area contributed by atoms with Gasteiger partial charge in [-0.25, -0.2) is 0 Å². The highest BCUT2D eigenvalue weighted by Crippen LogP contribution is 2.39. The van der Waals surface area contributed by atoms with Crippen molar-refractivity contribution in [3.63, 3.8) is 0 Å². The molecule has 30 heavy (non-hydrogen) atoms. The van der Waals surface area contributed by atoms with Crippen LogP contribution in [0.3, 0.4) is 0 Å². The van der Waals surface area contributed by atoms with Crippen LogP contribution < -0.4 is 5.32 Å². The summed E-state index contributed by atoms with van der Waals surface area (Å²) < 4.78 is 84.7. The third kappa shape index (κ3) is 5.16. The van der Waals surface area contributed by atoms with Gasteiger partial charge >= 0.3 is 12.4 Å². The molecule has 2 aromatic carbocycles. The third-order valence-electron chi connectivity index (χ3n) is 5.55. The predicted octanol–water partition coefficient (Wildman–Crippen LogP) is 6.12. The fraction of sp³-hybridized carbons (Fsp3) is 0.455. The first-order valence-corrected chi connectivity index (χ1v) is 9.68. The number of ether oxygens (including phenoxy) is 1. The molecule has 0 aliphatic carbocycles. The van der Waals surface area contributed by atoms with Gasteiger partial charge in [0.25, 0.3) is 0 Å². The van der Waals surface area contributed by atoms with Crippen LogP contribution in [0.1, 0.15) is 48.1 Å². The zero-order valence-corrected chi connectivity index (χ0v) is 16.4. The lowest BCUT2D eigenvalue weighted by Gasteiger charge is -2.39. The Hall–Kier alpha value is -2.06. The van der Waals surface area contributed by atoms with Gasteiger partial charge in [-0.2, -0.15) is 26.3 Å². The molecule has 0 amide bonds. The van der Waals surface area contributed by atoms with Crippen molar-refractivity contribution in [1.82, 2.24) is 5.32 Å². The molecule has 1 aliphatic rings. The first kappa shape index (κ1) is 22.6. The van der Waals surface area contributed by atoms with Crippen LogP contribution in [0.5, 0.6) is 0 Å². The number of hydrogen-bond acceptors (Lipinski definition) is 2. The molecule has 3 rings (SSSR count). The lowest BCUT2D eigenvalue weighted by molar-refractivity contribution is -0.143. The molecular weight excluding hydrogens is 408 g/mol. The van der Waals surface area contributed by atoms with Gasteiger partial charge in [-0.1, -0.05) is 30.3 Å². The number of alkyl halides is 6. The maximum Gasteiger partial charge on any atom is 0.416 e. The molecule has 1 aliphatic heterocycles. The molecule has 2 atom stereocenters. The SMILES string of the molecule is C[C@@H](OC[C@]1(c2ccccc2)CCCNC1)c1cc(C(F)(F)F)cc(C(F)(F)F)c1. The van der Waals surface area contributed by atoms with Crippen LogP contribution in [-0.2, 0) is 22.5 Å². The third-order valence-corrected chi connectivity index (χ3v) is 5.55. The number of rotatable bonds is 5. The van der Waals surface area contributed by atoms with E-state index in [0.29, 0.717) is 6.54 Å². The average Bonchev–Trinajstić information content (AvgIpc) is 2.72. The maximum atomic E-state index is 13.1. The van der Waals surface area contributed by atoms with Gasteiger partial charge in [0, 0.05) is 12.0 Å².